The van der Waals surface area contributed by atoms with Crippen LogP contribution in [-0.2, 0) is 9.63 Å². The van der Waals surface area contributed by atoms with Crippen molar-refractivity contribution in [1.29, 1.82) is 0 Å². The van der Waals surface area contributed by atoms with Crippen molar-refractivity contribution in [3.05, 3.63) is 33.8 Å². The number of ketones is 1. The largest absolute Gasteiger partial charge is 0.399 e. The van der Waals surface area contributed by atoms with Crippen molar-refractivity contribution in [3.63, 3.8) is 0 Å². The Bertz CT molecular complexity index is 458. The minimum Gasteiger partial charge on any atom is -0.399 e. The molecule has 1 rings (SSSR count). The van der Waals surface area contributed by atoms with Crippen LogP contribution in [-0.4, -0.2) is 18.6 Å². The third-order valence-corrected chi connectivity index (χ3v) is 3.23. The van der Waals surface area contributed by atoms with E-state index >= 15 is 0 Å². The Morgan fingerprint density at radius 3 is 2.56 bits per heavy atom. The first-order valence-corrected chi connectivity index (χ1v) is 6.41. The quantitative estimate of drug-likeness (QED) is 0.584. The van der Waals surface area contributed by atoms with E-state index in [1.165, 1.54) is 7.11 Å². The van der Waals surface area contributed by atoms with Gasteiger partial charge in [-0.05, 0) is 12.1 Å². The summed E-state index contributed by atoms with van der Waals surface area (Å²) in [5.41, 5.74) is 1.51. The molecule has 1 aromatic rings. The predicted molar refractivity (Wildman–Crippen MR) is 74.5 cm³/mol. The third-order valence-electron chi connectivity index (χ3n) is 2.49. The number of Topliss-reactive ketones (excluding diaryl/α,β-unsaturated/α-hetero) is 1. The Morgan fingerprint density at radius 1 is 1.28 bits per heavy atom. The Kier molecular flexibility index (Phi) is 6.16. The van der Waals surface area contributed by atoms with Crippen LogP contribution in [0.2, 0.25) is 10.0 Å². The second kappa shape index (κ2) is 7.39. The van der Waals surface area contributed by atoms with Gasteiger partial charge >= 0.3 is 0 Å². The van der Waals surface area contributed by atoms with Crippen molar-refractivity contribution in [2.45, 2.75) is 26.2 Å². The van der Waals surface area contributed by atoms with E-state index in [4.69, 9.17) is 28.0 Å². The van der Waals surface area contributed by atoms with Crippen molar-refractivity contribution in [2.24, 2.45) is 5.16 Å². The normalized spacial score (nSPS) is 11.4. The Balaban J connectivity index is 2.87. The molecule has 0 amide bonds. The molecule has 0 saturated carbocycles. The summed E-state index contributed by atoms with van der Waals surface area (Å²) in [5.74, 6) is 0.193. The van der Waals surface area contributed by atoms with E-state index in [0.717, 1.165) is 5.56 Å². The highest BCUT2D eigenvalue weighted by Crippen LogP contribution is 2.23. The number of nitrogens with zero attached hydrogens (tertiary/aromatic N) is 1. The first-order chi connectivity index (χ1) is 8.58. The van der Waals surface area contributed by atoms with Crippen molar-refractivity contribution in [1.82, 2.24) is 0 Å². The molecule has 0 unspecified atom stereocenters. The van der Waals surface area contributed by atoms with Crippen molar-refractivity contribution >= 4 is 34.7 Å². The molecule has 0 radical (unpaired) electrons. The molecule has 0 spiro atoms. The van der Waals surface area contributed by atoms with Gasteiger partial charge in [0.05, 0.1) is 15.8 Å². The van der Waals surface area contributed by atoms with E-state index in [1.807, 2.05) is 13.0 Å². The van der Waals surface area contributed by atoms with E-state index in [0.29, 0.717) is 35.0 Å². The van der Waals surface area contributed by atoms with Crippen LogP contribution in [0.4, 0.5) is 0 Å². The molecule has 0 bridgehead atoms. The number of carbonyl (C=O) groups excluding carboxylic acids is 1. The lowest BCUT2D eigenvalue weighted by Gasteiger charge is -2.06. The standard InChI is InChI=1S/C13H15Cl2NO2/c1-3-10(17)5-7-13(16-18-2)9-4-6-11(14)12(15)8-9/h4,6,8H,3,5,7H2,1-2H3/b16-13-. The summed E-state index contributed by atoms with van der Waals surface area (Å²) >= 11 is 11.8. The molecule has 3 nitrogen and oxygen atoms in total. The van der Waals surface area contributed by atoms with Gasteiger partial charge in [0, 0.05) is 24.8 Å². The average molecular weight is 288 g/mol. The van der Waals surface area contributed by atoms with Gasteiger partial charge in [0.2, 0.25) is 0 Å². The van der Waals surface area contributed by atoms with Crippen LogP contribution in [0.3, 0.4) is 0 Å². The second-order valence-corrected chi connectivity index (χ2v) is 4.56. The molecule has 98 valence electrons. The van der Waals surface area contributed by atoms with E-state index in [9.17, 15) is 4.79 Å². The fourth-order valence-electron chi connectivity index (χ4n) is 1.46. The second-order valence-electron chi connectivity index (χ2n) is 3.74. The maximum atomic E-state index is 11.3. The summed E-state index contributed by atoms with van der Waals surface area (Å²) in [5, 5.41) is 4.88. The smallest absolute Gasteiger partial charge is 0.133 e. The summed E-state index contributed by atoms with van der Waals surface area (Å²) in [6.45, 7) is 1.84. The molecule has 5 heteroatoms. The molecule has 0 N–H and O–H groups in total. The van der Waals surface area contributed by atoms with Crippen LogP contribution in [0.25, 0.3) is 0 Å². The third kappa shape index (κ3) is 4.31. The molecule has 18 heavy (non-hydrogen) atoms. The van der Waals surface area contributed by atoms with Crippen LogP contribution >= 0.6 is 23.2 Å². The number of hydrogen-bond donors (Lipinski definition) is 0. The summed E-state index contributed by atoms with van der Waals surface area (Å²) in [4.78, 5) is 16.1. The number of benzene rings is 1. The molecule has 0 fully saturated rings. The number of carbonyl (C=O) groups is 1. The monoisotopic (exact) mass is 287 g/mol. The molecule has 0 aliphatic carbocycles. The molecule has 0 atom stereocenters. The SMILES string of the molecule is CCC(=O)CC/C(=N/OC)c1ccc(Cl)c(Cl)c1. The van der Waals surface area contributed by atoms with Crippen LogP contribution in [0.15, 0.2) is 23.4 Å². The molecule has 1 aromatic carbocycles. The number of hydrogen-bond acceptors (Lipinski definition) is 3. The van der Waals surface area contributed by atoms with Crippen LogP contribution in [0, 0.1) is 0 Å². The van der Waals surface area contributed by atoms with Crippen molar-refractivity contribution in [2.75, 3.05) is 7.11 Å². The average Bonchev–Trinajstić information content (AvgIpc) is 2.37. The fraction of sp³-hybridized carbons (Fsp3) is 0.385. The van der Waals surface area contributed by atoms with Crippen molar-refractivity contribution < 1.29 is 9.63 Å². The molecule has 0 saturated heterocycles. The van der Waals surface area contributed by atoms with Gasteiger partial charge in [0.15, 0.2) is 0 Å². The molecular formula is C13H15Cl2NO2. The number of rotatable bonds is 6. The molecule has 0 aliphatic rings. The minimum absolute atomic E-state index is 0.193. The van der Waals surface area contributed by atoms with Gasteiger partial charge in [-0.15, -0.1) is 0 Å². The van der Waals surface area contributed by atoms with E-state index in [1.54, 1.807) is 12.1 Å². The zero-order valence-corrected chi connectivity index (χ0v) is 11.9. The van der Waals surface area contributed by atoms with Gasteiger partial charge in [-0.2, -0.15) is 0 Å². The van der Waals surface area contributed by atoms with Gasteiger partial charge < -0.3 is 4.84 Å². The molecular weight excluding hydrogens is 273 g/mol. The number of oxime groups is 1. The maximum Gasteiger partial charge on any atom is 0.133 e. The van der Waals surface area contributed by atoms with Gasteiger partial charge in [0.1, 0.15) is 12.9 Å². The topological polar surface area (TPSA) is 38.7 Å². The summed E-state index contributed by atoms with van der Waals surface area (Å²) in [6, 6.07) is 5.23. The predicted octanol–water partition coefficient (Wildman–Crippen LogP) is 4.10. The lowest BCUT2D eigenvalue weighted by molar-refractivity contribution is -0.118. The highest BCUT2D eigenvalue weighted by Gasteiger charge is 2.09. The fourth-order valence-corrected chi connectivity index (χ4v) is 1.76. The molecule has 0 aromatic heterocycles. The lowest BCUT2D eigenvalue weighted by Crippen LogP contribution is -2.06. The van der Waals surface area contributed by atoms with Gasteiger partial charge in [-0.1, -0.05) is 41.3 Å². The summed E-state index contributed by atoms with van der Waals surface area (Å²) < 4.78 is 0. The van der Waals surface area contributed by atoms with E-state index in [-0.39, 0.29) is 5.78 Å². The van der Waals surface area contributed by atoms with Gasteiger partial charge in [0.25, 0.3) is 0 Å². The Morgan fingerprint density at radius 2 is 2.00 bits per heavy atom. The lowest BCUT2D eigenvalue weighted by atomic mass is 10.0. The molecule has 0 heterocycles. The van der Waals surface area contributed by atoms with Crippen molar-refractivity contribution in [3.8, 4) is 0 Å². The Labute approximate surface area is 117 Å². The number of halogens is 2. The zero-order valence-electron chi connectivity index (χ0n) is 10.4. The summed E-state index contributed by atoms with van der Waals surface area (Å²) in [7, 11) is 1.47. The van der Waals surface area contributed by atoms with Crippen LogP contribution < -0.4 is 0 Å². The highest BCUT2D eigenvalue weighted by atomic mass is 35.5. The molecule has 0 aliphatic heterocycles. The van der Waals surface area contributed by atoms with Crippen LogP contribution in [0.1, 0.15) is 31.7 Å². The zero-order chi connectivity index (χ0) is 13.5. The van der Waals surface area contributed by atoms with Gasteiger partial charge in [-0.25, -0.2) is 0 Å². The first-order valence-electron chi connectivity index (χ1n) is 5.65. The van der Waals surface area contributed by atoms with E-state index < -0.39 is 0 Å². The van der Waals surface area contributed by atoms with Crippen LogP contribution in [0.5, 0.6) is 0 Å². The maximum absolute atomic E-state index is 11.3. The Hall–Kier alpha value is -1.06. The van der Waals surface area contributed by atoms with E-state index in [2.05, 4.69) is 5.16 Å². The first kappa shape index (κ1) is 15.0. The van der Waals surface area contributed by atoms with Gasteiger partial charge in [-0.3, -0.25) is 4.79 Å². The highest BCUT2D eigenvalue weighted by molar-refractivity contribution is 6.42. The minimum atomic E-state index is 0.193. The summed E-state index contributed by atoms with van der Waals surface area (Å²) in [6.07, 6.45) is 1.50.